The summed E-state index contributed by atoms with van der Waals surface area (Å²) in [5, 5.41) is 0. The van der Waals surface area contributed by atoms with Crippen molar-refractivity contribution in [3.63, 3.8) is 0 Å². The summed E-state index contributed by atoms with van der Waals surface area (Å²) in [6, 6.07) is 0. The smallest absolute Gasteiger partial charge is 0.0232 e. The van der Waals surface area contributed by atoms with Crippen molar-refractivity contribution in [3.05, 3.63) is 12.2 Å². The maximum Gasteiger partial charge on any atom is -0.0232 e. The van der Waals surface area contributed by atoms with Gasteiger partial charge in [-0.2, -0.15) is 0 Å². The van der Waals surface area contributed by atoms with Gasteiger partial charge in [-0.3, -0.25) is 0 Å². The van der Waals surface area contributed by atoms with E-state index in [9.17, 15) is 0 Å². The van der Waals surface area contributed by atoms with Crippen LogP contribution in [0.25, 0.3) is 0 Å². The summed E-state index contributed by atoms with van der Waals surface area (Å²) in [4.78, 5) is 0. The molecule has 0 aromatic heterocycles. The van der Waals surface area contributed by atoms with E-state index in [0.29, 0.717) is 0 Å². The van der Waals surface area contributed by atoms with E-state index in [1.54, 1.807) is 6.42 Å². The van der Waals surface area contributed by atoms with E-state index in [0.717, 1.165) is 17.3 Å². The van der Waals surface area contributed by atoms with Crippen LogP contribution in [0, 0.1) is 17.3 Å². The van der Waals surface area contributed by atoms with Crippen molar-refractivity contribution in [2.45, 2.75) is 33.1 Å². The Balaban J connectivity index is 1.73. The van der Waals surface area contributed by atoms with Crippen LogP contribution in [0.3, 0.4) is 0 Å². The van der Waals surface area contributed by atoms with E-state index in [1.807, 2.05) is 0 Å². The van der Waals surface area contributed by atoms with Gasteiger partial charge in [-0.15, -0.1) is 0 Å². The van der Waals surface area contributed by atoms with Gasteiger partial charge >= 0.3 is 0 Å². The van der Waals surface area contributed by atoms with Crippen molar-refractivity contribution >= 4 is 0 Å². The Hall–Kier alpha value is -0.260. The molecule has 56 valence electrons. The Bertz CT molecular complexity index is 163. The molecular formula is C10H16. The summed E-state index contributed by atoms with van der Waals surface area (Å²) < 4.78 is 0. The number of allylic oxidation sites excluding steroid dienone is 2. The highest BCUT2D eigenvalue weighted by atomic mass is 14.8. The van der Waals surface area contributed by atoms with Crippen molar-refractivity contribution in [2.75, 3.05) is 0 Å². The van der Waals surface area contributed by atoms with Gasteiger partial charge < -0.3 is 0 Å². The Labute approximate surface area is 63.3 Å². The van der Waals surface area contributed by atoms with Gasteiger partial charge in [0.25, 0.3) is 0 Å². The zero-order valence-corrected chi connectivity index (χ0v) is 6.93. The largest absolute Gasteiger partial charge is 0.0917 e. The second kappa shape index (κ2) is 1.87. The van der Waals surface area contributed by atoms with Gasteiger partial charge in [-0.25, -0.2) is 0 Å². The molecule has 3 atom stereocenters. The van der Waals surface area contributed by atoms with Gasteiger partial charge in [-0.1, -0.05) is 19.1 Å². The van der Waals surface area contributed by atoms with Crippen LogP contribution in [0.2, 0.25) is 0 Å². The molecule has 0 nitrogen and oxygen atoms in total. The maximum absolute atomic E-state index is 2.41. The molecule has 0 spiro atoms. The average molecular weight is 136 g/mol. The highest BCUT2D eigenvalue weighted by Crippen LogP contribution is 2.81. The summed E-state index contributed by atoms with van der Waals surface area (Å²) in [6.45, 7) is 4.52. The van der Waals surface area contributed by atoms with Crippen molar-refractivity contribution in [1.82, 2.24) is 0 Å². The number of rotatable bonds is 3. The van der Waals surface area contributed by atoms with Gasteiger partial charge in [0.2, 0.25) is 0 Å². The predicted octanol–water partition coefficient (Wildman–Crippen LogP) is 3.00. The Morgan fingerprint density at radius 3 is 2.70 bits per heavy atom. The molecule has 0 aliphatic heterocycles. The fourth-order valence-electron chi connectivity index (χ4n) is 2.39. The molecule has 2 aliphatic carbocycles. The molecule has 2 rings (SSSR count). The molecule has 2 aliphatic rings. The number of hydrogen-bond donors (Lipinski definition) is 0. The summed E-state index contributed by atoms with van der Waals surface area (Å²) in [7, 11) is 0. The lowest BCUT2D eigenvalue weighted by molar-refractivity contribution is 0.491. The van der Waals surface area contributed by atoms with E-state index in [2.05, 4.69) is 26.0 Å². The second-order valence-corrected chi connectivity index (χ2v) is 3.94. The number of fused-ring (bicyclic) bond motifs is 1. The van der Waals surface area contributed by atoms with Gasteiger partial charge in [0, 0.05) is 0 Å². The highest BCUT2D eigenvalue weighted by Gasteiger charge is 2.74. The van der Waals surface area contributed by atoms with Crippen LogP contribution < -0.4 is 0 Å². The van der Waals surface area contributed by atoms with Crippen molar-refractivity contribution < 1.29 is 0 Å². The third kappa shape index (κ3) is 0.680. The third-order valence-electron chi connectivity index (χ3n) is 3.59. The summed E-state index contributed by atoms with van der Waals surface area (Å²) in [6.07, 6.45) is 8.79. The van der Waals surface area contributed by atoms with E-state index in [4.69, 9.17) is 0 Å². The minimum Gasteiger partial charge on any atom is -0.0917 e. The molecule has 0 heteroatoms. The molecule has 0 aromatic rings. The highest BCUT2D eigenvalue weighted by molar-refractivity contribution is 5.23. The first-order valence-electron chi connectivity index (χ1n) is 4.42. The maximum atomic E-state index is 2.41. The molecule has 0 bridgehead atoms. The lowest BCUT2D eigenvalue weighted by Crippen LogP contribution is -1.93. The first-order chi connectivity index (χ1) is 4.81. The van der Waals surface area contributed by atoms with Crippen LogP contribution in [0.15, 0.2) is 12.2 Å². The van der Waals surface area contributed by atoms with Crippen LogP contribution in [0.5, 0.6) is 0 Å². The molecule has 0 radical (unpaired) electrons. The Kier molecular flexibility index (Phi) is 1.21. The zero-order valence-electron chi connectivity index (χ0n) is 6.93. The quantitative estimate of drug-likeness (QED) is 0.523. The first kappa shape index (κ1) is 6.45. The third-order valence-corrected chi connectivity index (χ3v) is 3.59. The lowest BCUT2D eigenvalue weighted by atomic mass is 10.0. The molecule has 0 N–H and O–H groups in total. The van der Waals surface area contributed by atoms with E-state index in [-0.39, 0.29) is 0 Å². The van der Waals surface area contributed by atoms with Crippen LogP contribution in [0.1, 0.15) is 33.1 Å². The van der Waals surface area contributed by atoms with E-state index >= 15 is 0 Å². The Morgan fingerprint density at radius 2 is 2.30 bits per heavy atom. The summed E-state index contributed by atoms with van der Waals surface area (Å²) in [5.41, 5.74) is 0.875. The molecule has 2 saturated carbocycles. The zero-order chi connectivity index (χ0) is 7.19. The fourth-order valence-corrected chi connectivity index (χ4v) is 2.39. The Morgan fingerprint density at radius 1 is 1.60 bits per heavy atom. The molecule has 0 heterocycles. The lowest BCUT2D eigenvalue weighted by Gasteiger charge is -2.03. The monoisotopic (exact) mass is 136 g/mol. The van der Waals surface area contributed by atoms with Crippen LogP contribution in [0.4, 0.5) is 0 Å². The molecule has 0 saturated heterocycles. The fraction of sp³-hybridized carbons (Fsp3) is 0.800. The van der Waals surface area contributed by atoms with Gasteiger partial charge in [-0.05, 0) is 43.4 Å². The molecule has 3 unspecified atom stereocenters. The van der Waals surface area contributed by atoms with Crippen LogP contribution in [-0.2, 0) is 0 Å². The standard InChI is InChI=1S/C10H16/c1-3-4-5-6-10-7-9(10)8(10)2/h3-4,8-9H,5-7H2,1-2H3. The van der Waals surface area contributed by atoms with Crippen molar-refractivity contribution in [3.8, 4) is 0 Å². The second-order valence-electron chi connectivity index (χ2n) is 3.94. The molecule has 2 fully saturated rings. The van der Waals surface area contributed by atoms with E-state index < -0.39 is 0 Å². The minimum atomic E-state index is 0.875. The summed E-state index contributed by atoms with van der Waals surface area (Å²) in [5.74, 6) is 2.23. The molecule has 0 aromatic carbocycles. The average Bonchev–Trinajstić information content (AvgIpc) is 2.76. The van der Waals surface area contributed by atoms with Crippen LogP contribution in [-0.4, -0.2) is 0 Å². The molecular weight excluding hydrogens is 120 g/mol. The SMILES string of the molecule is CC=CCCC12CC1C2C. The van der Waals surface area contributed by atoms with Crippen molar-refractivity contribution in [2.24, 2.45) is 17.3 Å². The summed E-state index contributed by atoms with van der Waals surface area (Å²) >= 11 is 0. The molecule has 0 amide bonds. The van der Waals surface area contributed by atoms with Crippen LogP contribution >= 0.6 is 0 Å². The molecule has 10 heavy (non-hydrogen) atoms. The van der Waals surface area contributed by atoms with Gasteiger partial charge in [0.1, 0.15) is 0 Å². The first-order valence-corrected chi connectivity index (χ1v) is 4.42. The predicted molar refractivity (Wildman–Crippen MR) is 43.8 cm³/mol. The van der Waals surface area contributed by atoms with Gasteiger partial charge in [0.05, 0.1) is 0 Å². The van der Waals surface area contributed by atoms with E-state index in [1.165, 1.54) is 12.8 Å². The number of hydrogen-bond acceptors (Lipinski definition) is 0. The van der Waals surface area contributed by atoms with Gasteiger partial charge in [0.15, 0.2) is 0 Å². The topological polar surface area (TPSA) is 0 Å². The van der Waals surface area contributed by atoms with Crippen molar-refractivity contribution in [1.29, 1.82) is 0 Å². The minimum absolute atomic E-state index is 0.875. The normalized spacial score (nSPS) is 49.4.